The molecule has 0 saturated carbocycles. The Balaban J connectivity index is 2.25. The van der Waals surface area contributed by atoms with Crippen molar-refractivity contribution < 1.29 is 4.74 Å². The number of ether oxygens (including phenoxy) is 1. The van der Waals surface area contributed by atoms with Crippen molar-refractivity contribution in [1.82, 2.24) is 9.78 Å². The Kier molecular flexibility index (Phi) is 3.58. The number of rotatable bonds is 3. The first kappa shape index (κ1) is 11.9. The van der Waals surface area contributed by atoms with Crippen molar-refractivity contribution in [2.45, 2.75) is 6.54 Å². The van der Waals surface area contributed by atoms with Crippen molar-refractivity contribution in [3.05, 3.63) is 56.9 Å². The van der Waals surface area contributed by atoms with E-state index in [0.717, 1.165) is 11.3 Å². The molecule has 0 saturated heterocycles. The van der Waals surface area contributed by atoms with Crippen LogP contribution in [0.15, 0.2) is 45.8 Å². The predicted molar refractivity (Wildman–Crippen MR) is 68.3 cm³/mol. The zero-order valence-electron chi connectivity index (χ0n) is 9.26. The molecule has 0 fully saturated rings. The van der Waals surface area contributed by atoms with Crippen LogP contribution in [-0.4, -0.2) is 16.9 Å². The summed E-state index contributed by atoms with van der Waals surface area (Å²) >= 11 is 3.24. The Morgan fingerprint density at radius 1 is 1.24 bits per heavy atom. The number of hydrogen-bond acceptors (Lipinski definition) is 3. The summed E-state index contributed by atoms with van der Waals surface area (Å²) < 4.78 is 7.12. The van der Waals surface area contributed by atoms with Gasteiger partial charge in [0.15, 0.2) is 0 Å². The number of benzene rings is 1. The van der Waals surface area contributed by atoms with Gasteiger partial charge in [0.05, 0.1) is 13.7 Å². The molecule has 0 N–H and O–H groups in total. The van der Waals surface area contributed by atoms with Gasteiger partial charge in [-0.3, -0.25) is 4.79 Å². The lowest BCUT2D eigenvalue weighted by molar-refractivity contribution is 0.414. The molecule has 0 bridgehead atoms. The second-order valence-electron chi connectivity index (χ2n) is 3.50. The fourth-order valence-corrected chi connectivity index (χ4v) is 1.76. The largest absolute Gasteiger partial charge is 0.497 e. The third kappa shape index (κ3) is 2.94. The molecule has 1 heterocycles. The van der Waals surface area contributed by atoms with Crippen LogP contribution in [0.25, 0.3) is 0 Å². The molecule has 88 valence electrons. The molecule has 0 amide bonds. The van der Waals surface area contributed by atoms with E-state index >= 15 is 0 Å². The molecular weight excluding hydrogens is 284 g/mol. The van der Waals surface area contributed by atoms with Gasteiger partial charge in [-0.1, -0.05) is 12.1 Å². The van der Waals surface area contributed by atoms with E-state index in [4.69, 9.17) is 4.74 Å². The van der Waals surface area contributed by atoms with E-state index in [1.54, 1.807) is 13.2 Å². The van der Waals surface area contributed by atoms with Crippen LogP contribution in [-0.2, 0) is 6.54 Å². The highest BCUT2D eigenvalue weighted by Crippen LogP contribution is 2.11. The fourth-order valence-electron chi connectivity index (χ4n) is 1.44. The standard InChI is InChI=1S/C12H11BrN2O2/c1-17-10-4-2-9(3-5-10)8-15-12(16)7-6-11(13)14-15/h2-7H,8H2,1H3. The summed E-state index contributed by atoms with van der Waals surface area (Å²) in [5, 5.41) is 4.10. The van der Waals surface area contributed by atoms with Crippen LogP contribution in [0.4, 0.5) is 0 Å². The van der Waals surface area contributed by atoms with Crippen LogP contribution >= 0.6 is 15.9 Å². The van der Waals surface area contributed by atoms with Crippen LogP contribution in [0.2, 0.25) is 0 Å². The van der Waals surface area contributed by atoms with Crippen molar-refractivity contribution in [3.8, 4) is 5.75 Å². The Morgan fingerprint density at radius 3 is 2.59 bits per heavy atom. The summed E-state index contributed by atoms with van der Waals surface area (Å²) in [5.74, 6) is 0.795. The molecule has 0 aliphatic heterocycles. The zero-order chi connectivity index (χ0) is 12.3. The molecule has 5 heteroatoms. The van der Waals surface area contributed by atoms with Crippen LogP contribution in [0.1, 0.15) is 5.56 Å². The van der Waals surface area contributed by atoms with E-state index < -0.39 is 0 Å². The first-order valence-corrected chi connectivity index (χ1v) is 5.85. The Morgan fingerprint density at radius 2 is 1.94 bits per heavy atom. The Labute approximate surface area is 107 Å². The number of methoxy groups -OCH3 is 1. The molecule has 17 heavy (non-hydrogen) atoms. The molecule has 0 radical (unpaired) electrons. The van der Waals surface area contributed by atoms with E-state index in [9.17, 15) is 4.79 Å². The highest BCUT2D eigenvalue weighted by Gasteiger charge is 2.00. The van der Waals surface area contributed by atoms with E-state index in [2.05, 4.69) is 21.0 Å². The summed E-state index contributed by atoms with van der Waals surface area (Å²) in [7, 11) is 1.62. The number of halogens is 1. The van der Waals surface area contributed by atoms with Crippen LogP contribution < -0.4 is 10.3 Å². The Hall–Kier alpha value is -1.62. The first-order chi connectivity index (χ1) is 8.19. The Bertz CT molecular complexity index is 563. The van der Waals surface area contributed by atoms with Gasteiger partial charge in [0.25, 0.3) is 5.56 Å². The molecule has 4 nitrogen and oxygen atoms in total. The minimum Gasteiger partial charge on any atom is -0.497 e. The topological polar surface area (TPSA) is 44.1 Å². The highest BCUT2D eigenvalue weighted by atomic mass is 79.9. The number of hydrogen-bond donors (Lipinski definition) is 0. The smallest absolute Gasteiger partial charge is 0.267 e. The van der Waals surface area contributed by atoms with Gasteiger partial charge in [-0.15, -0.1) is 0 Å². The van der Waals surface area contributed by atoms with Gasteiger partial charge in [0.2, 0.25) is 0 Å². The monoisotopic (exact) mass is 294 g/mol. The van der Waals surface area contributed by atoms with Crippen molar-refractivity contribution in [2.75, 3.05) is 7.11 Å². The summed E-state index contributed by atoms with van der Waals surface area (Å²) in [4.78, 5) is 11.6. The normalized spacial score (nSPS) is 10.2. The molecule has 0 unspecified atom stereocenters. The van der Waals surface area contributed by atoms with Gasteiger partial charge in [-0.05, 0) is 39.7 Å². The molecule has 2 rings (SSSR count). The molecule has 1 aromatic heterocycles. The van der Waals surface area contributed by atoms with Gasteiger partial charge in [0, 0.05) is 6.07 Å². The van der Waals surface area contributed by atoms with Crippen LogP contribution in [0.3, 0.4) is 0 Å². The summed E-state index contributed by atoms with van der Waals surface area (Å²) in [6.45, 7) is 0.447. The summed E-state index contributed by atoms with van der Waals surface area (Å²) in [6.07, 6.45) is 0. The van der Waals surface area contributed by atoms with Gasteiger partial charge < -0.3 is 4.74 Å². The van der Waals surface area contributed by atoms with Crippen molar-refractivity contribution >= 4 is 15.9 Å². The molecule has 0 aliphatic carbocycles. The van der Waals surface area contributed by atoms with Gasteiger partial charge in [0.1, 0.15) is 10.4 Å². The third-order valence-corrected chi connectivity index (χ3v) is 2.75. The average molecular weight is 295 g/mol. The number of aromatic nitrogens is 2. The summed E-state index contributed by atoms with van der Waals surface area (Å²) in [5.41, 5.74) is 0.877. The van der Waals surface area contributed by atoms with Gasteiger partial charge >= 0.3 is 0 Å². The van der Waals surface area contributed by atoms with Crippen molar-refractivity contribution in [3.63, 3.8) is 0 Å². The predicted octanol–water partition coefficient (Wildman–Crippen LogP) is 2.06. The lowest BCUT2D eigenvalue weighted by Crippen LogP contribution is -2.22. The molecule has 0 spiro atoms. The van der Waals surface area contributed by atoms with E-state index in [0.29, 0.717) is 11.1 Å². The van der Waals surface area contributed by atoms with E-state index in [1.165, 1.54) is 10.7 Å². The highest BCUT2D eigenvalue weighted by molar-refractivity contribution is 9.10. The third-order valence-electron chi connectivity index (χ3n) is 2.33. The van der Waals surface area contributed by atoms with E-state index in [-0.39, 0.29) is 5.56 Å². The van der Waals surface area contributed by atoms with Crippen molar-refractivity contribution in [2.24, 2.45) is 0 Å². The summed E-state index contributed by atoms with van der Waals surface area (Å²) in [6, 6.07) is 10.7. The molecule has 0 aliphatic rings. The molecule has 2 aromatic rings. The minimum absolute atomic E-state index is 0.121. The van der Waals surface area contributed by atoms with Gasteiger partial charge in [-0.2, -0.15) is 5.10 Å². The maximum absolute atomic E-state index is 11.6. The lowest BCUT2D eigenvalue weighted by Gasteiger charge is -2.05. The lowest BCUT2D eigenvalue weighted by atomic mass is 10.2. The zero-order valence-corrected chi connectivity index (χ0v) is 10.8. The second-order valence-corrected chi connectivity index (χ2v) is 4.31. The molecular formula is C12H11BrN2O2. The van der Waals surface area contributed by atoms with Crippen molar-refractivity contribution in [1.29, 1.82) is 0 Å². The molecule has 1 aromatic carbocycles. The number of nitrogens with zero attached hydrogens (tertiary/aromatic N) is 2. The van der Waals surface area contributed by atoms with E-state index in [1.807, 2.05) is 24.3 Å². The second kappa shape index (κ2) is 5.14. The quantitative estimate of drug-likeness (QED) is 0.870. The SMILES string of the molecule is COc1ccc(Cn2nc(Br)ccc2=O)cc1. The van der Waals surface area contributed by atoms with Crippen LogP contribution in [0, 0.1) is 0 Å². The first-order valence-electron chi connectivity index (χ1n) is 5.05. The average Bonchev–Trinajstić information content (AvgIpc) is 2.35. The van der Waals surface area contributed by atoms with Crippen LogP contribution in [0.5, 0.6) is 5.75 Å². The maximum Gasteiger partial charge on any atom is 0.267 e. The molecule has 0 atom stereocenters. The fraction of sp³-hybridized carbons (Fsp3) is 0.167. The van der Waals surface area contributed by atoms with Gasteiger partial charge in [-0.25, -0.2) is 4.68 Å². The maximum atomic E-state index is 11.6. The minimum atomic E-state index is -0.121.